The Morgan fingerprint density at radius 3 is 2.70 bits per heavy atom. The molecule has 0 spiro atoms. The Morgan fingerprint density at radius 1 is 1.30 bits per heavy atom. The van der Waals surface area contributed by atoms with E-state index in [0.29, 0.717) is 6.04 Å². The van der Waals surface area contributed by atoms with E-state index in [9.17, 15) is 0 Å². The molecule has 3 aromatic rings. The van der Waals surface area contributed by atoms with E-state index in [0.717, 1.165) is 39.5 Å². The minimum atomic E-state index is 0.548. The second kappa shape index (κ2) is 6.86. The molecule has 0 saturated carbocycles. The molecular formula is C16H20ClN5S. The first-order valence-electron chi connectivity index (χ1n) is 7.59. The smallest absolute Gasteiger partial charge is 0.214 e. The molecular weight excluding hydrogens is 330 g/mol. The van der Waals surface area contributed by atoms with Gasteiger partial charge in [0.05, 0.1) is 11.9 Å². The van der Waals surface area contributed by atoms with Crippen molar-refractivity contribution in [3.8, 4) is 11.3 Å². The Morgan fingerprint density at radius 2 is 2.04 bits per heavy atom. The molecule has 0 radical (unpaired) electrons. The van der Waals surface area contributed by atoms with Crippen molar-refractivity contribution in [1.82, 2.24) is 19.5 Å². The van der Waals surface area contributed by atoms with Gasteiger partial charge in [-0.05, 0) is 33.0 Å². The fourth-order valence-corrected chi connectivity index (χ4v) is 3.06. The van der Waals surface area contributed by atoms with Crippen molar-refractivity contribution < 1.29 is 0 Å². The first kappa shape index (κ1) is 16.2. The normalized spacial score (nSPS) is 11.7. The third-order valence-electron chi connectivity index (χ3n) is 3.81. The van der Waals surface area contributed by atoms with E-state index >= 15 is 0 Å². The Labute approximate surface area is 144 Å². The van der Waals surface area contributed by atoms with Gasteiger partial charge in [-0.1, -0.05) is 35.1 Å². The number of likely N-dealkylation sites (N-methyl/N-ethyl adjacent to an activating group) is 1. The van der Waals surface area contributed by atoms with Crippen molar-refractivity contribution >= 4 is 33.0 Å². The Bertz CT molecular complexity index is 746. The average molecular weight is 350 g/mol. The summed E-state index contributed by atoms with van der Waals surface area (Å²) in [5, 5.41) is 9.52. The maximum Gasteiger partial charge on any atom is 0.214 e. The van der Waals surface area contributed by atoms with Crippen molar-refractivity contribution in [1.29, 1.82) is 0 Å². The van der Waals surface area contributed by atoms with Crippen LogP contribution in [0.25, 0.3) is 16.2 Å². The van der Waals surface area contributed by atoms with E-state index < -0.39 is 0 Å². The van der Waals surface area contributed by atoms with Crippen LogP contribution in [0.4, 0.5) is 5.13 Å². The van der Waals surface area contributed by atoms with E-state index in [1.54, 1.807) is 11.3 Å². The number of rotatable bonds is 6. The van der Waals surface area contributed by atoms with Gasteiger partial charge in [-0.2, -0.15) is 0 Å². The second-order valence-electron chi connectivity index (χ2n) is 5.77. The van der Waals surface area contributed by atoms with Crippen molar-refractivity contribution in [2.45, 2.75) is 19.9 Å². The summed E-state index contributed by atoms with van der Waals surface area (Å²) in [7, 11) is 2.12. The summed E-state index contributed by atoms with van der Waals surface area (Å²) in [6, 6.07) is 8.23. The van der Waals surface area contributed by atoms with Crippen molar-refractivity contribution in [3.63, 3.8) is 0 Å². The number of imidazole rings is 1. The standard InChI is InChI=1S/C16H20ClN5S/c1-11(2)21(3)9-8-18-15-20-22-10-14(19-16(22)23-15)12-4-6-13(17)7-5-12/h4-7,10-11H,8-9H2,1-3H3,(H,18,20). The minimum Gasteiger partial charge on any atom is -0.359 e. The van der Waals surface area contributed by atoms with Crippen LogP contribution in [0, 0.1) is 0 Å². The van der Waals surface area contributed by atoms with E-state index in [4.69, 9.17) is 11.6 Å². The van der Waals surface area contributed by atoms with Gasteiger partial charge in [0.15, 0.2) is 0 Å². The first-order valence-corrected chi connectivity index (χ1v) is 8.78. The lowest BCUT2D eigenvalue weighted by Gasteiger charge is -2.20. The van der Waals surface area contributed by atoms with Crippen LogP contribution < -0.4 is 5.32 Å². The van der Waals surface area contributed by atoms with Crippen LogP contribution in [0.3, 0.4) is 0 Å². The maximum absolute atomic E-state index is 5.92. The van der Waals surface area contributed by atoms with Crippen molar-refractivity contribution in [2.75, 3.05) is 25.5 Å². The SMILES string of the molecule is CC(C)N(C)CCNc1nn2cc(-c3ccc(Cl)cc3)nc2s1. The molecule has 3 rings (SSSR count). The predicted octanol–water partition coefficient (Wildman–Crippen LogP) is 3.86. The zero-order chi connectivity index (χ0) is 16.4. The van der Waals surface area contributed by atoms with Crippen LogP contribution >= 0.6 is 22.9 Å². The lowest BCUT2D eigenvalue weighted by molar-refractivity contribution is 0.284. The Balaban J connectivity index is 1.67. The fourth-order valence-electron chi connectivity index (χ4n) is 2.13. The van der Waals surface area contributed by atoms with Gasteiger partial charge in [0.2, 0.25) is 10.1 Å². The minimum absolute atomic E-state index is 0.548. The summed E-state index contributed by atoms with van der Waals surface area (Å²) in [4.78, 5) is 7.81. The predicted molar refractivity (Wildman–Crippen MR) is 97.6 cm³/mol. The molecule has 1 N–H and O–H groups in total. The number of nitrogens with zero attached hydrogens (tertiary/aromatic N) is 4. The highest BCUT2D eigenvalue weighted by molar-refractivity contribution is 7.20. The van der Waals surface area contributed by atoms with Gasteiger partial charge < -0.3 is 10.2 Å². The Kier molecular flexibility index (Phi) is 4.84. The first-order chi connectivity index (χ1) is 11.0. The van der Waals surface area contributed by atoms with Gasteiger partial charge >= 0.3 is 0 Å². The Hall–Kier alpha value is -1.63. The van der Waals surface area contributed by atoms with E-state index in [1.807, 2.05) is 35.0 Å². The van der Waals surface area contributed by atoms with E-state index in [1.165, 1.54) is 0 Å². The number of fused-ring (bicyclic) bond motifs is 1. The van der Waals surface area contributed by atoms with Crippen LogP contribution in [-0.4, -0.2) is 45.7 Å². The molecule has 0 bridgehead atoms. The zero-order valence-electron chi connectivity index (χ0n) is 13.5. The number of hydrogen-bond acceptors (Lipinski definition) is 5. The topological polar surface area (TPSA) is 45.5 Å². The highest BCUT2D eigenvalue weighted by Crippen LogP contribution is 2.25. The van der Waals surface area contributed by atoms with Crippen LogP contribution in [0.2, 0.25) is 5.02 Å². The van der Waals surface area contributed by atoms with Crippen molar-refractivity contribution in [2.24, 2.45) is 0 Å². The average Bonchev–Trinajstić information content (AvgIpc) is 3.06. The largest absolute Gasteiger partial charge is 0.359 e. The van der Waals surface area contributed by atoms with Gasteiger partial charge in [-0.3, -0.25) is 0 Å². The van der Waals surface area contributed by atoms with Crippen molar-refractivity contribution in [3.05, 3.63) is 35.5 Å². The molecule has 1 aromatic carbocycles. The second-order valence-corrected chi connectivity index (χ2v) is 7.16. The van der Waals surface area contributed by atoms with Gasteiger partial charge in [0.25, 0.3) is 0 Å². The number of aromatic nitrogens is 3. The van der Waals surface area contributed by atoms with Gasteiger partial charge in [0.1, 0.15) is 0 Å². The molecule has 0 unspecified atom stereocenters. The molecule has 23 heavy (non-hydrogen) atoms. The number of anilines is 1. The molecule has 0 aliphatic heterocycles. The molecule has 0 amide bonds. The van der Waals surface area contributed by atoms with Gasteiger partial charge in [-0.15, -0.1) is 5.10 Å². The molecule has 2 heterocycles. The number of nitrogens with one attached hydrogen (secondary N) is 1. The molecule has 2 aromatic heterocycles. The molecule has 5 nitrogen and oxygen atoms in total. The summed E-state index contributed by atoms with van der Waals surface area (Å²) in [5.41, 5.74) is 1.95. The van der Waals surface area contributed by atoms with E-state index in [2.05, 4.69) is 41.2 Å². The number of benzene rings is 1. The van der Waals surface area contributed by atoms with Crippen LogP contribution in [0.5, 0.6) is 0 Å². The third-order valence-corrected chi connectivity index (χ3v) is 4.94. The summed E-state index contributed by atoms with van der Waals surface area (Å²) in [5.74, 6) is 0. The summed E-state index contributed by atoms with van der Waals surface area (Å²) in [6.07, 6.45) is 1.94. The molecule has 122 valence electrons. The van der Waals surface area contributed by atoms with Crippen LogP contribution in [-0.2, 0) is 0 Å². The summed E-state index contributed by atoms with van der Waals surface area (Å²) < 4.78 is 1.82. The van der Waals surface area contributed by atoms with Gasteiger partial charge in [0, 0.05) is 29.7 Å². The molecule has 7 heteroatoms. The highest BCUT2D eigenvalue weighted by atomic mass is 35.5. The molecule has 0 saturated heterocycles. The fraction of sp³-hybridized carbons (Fsp3) is 0.375. The van der Waals surface area contributed by atoms with E-state index in [-0.39, 0.29) is 0 Å². The maximum atomic E-state index is 5.92. The quantitative estimate of drug-likeness (QED) is 0.734. The van der Waals surface area contributed by atoms with Crippen LogP contribution in [0.15, 0.2) is 30.5 Å². The molecule has 0 fully saturated rings. The zero-order valence-corrected chi connectivity index (χ0v) is 15.0. The summed E-state index contributed by atoms with van der Waals surface area (Å²) >= 11 is 7.48. The molecule has 0 aliphatic carbocycles. The number of hydrogen-bond donors (Lipinski definition) is 1. The third kappa shape index (κ3) is 3.83. The molecule has 0 atom stereocenters. The van der Waals surface area contributed by atoms with Gasteiger partial charge in [-0.25, -0.2) is 9.50 Å². The molecule has 0 aliphatic rings. The van der Waals surface area contributed by atoms with Crippen LogP contribution in [0.1, 0.15) is 13.8 Å². The lowest BCUT2D eigenvalue weighted by atomic mass is 10.2. The number of halogens is 1. The highest BCUT2D eigenvalue weighted by Gasteiger charge is 2.10. The lowest BCUT2D eigenvalue weighted by Crippen LogP contribution is -2.31. The monoisotopic (exact) mass is 349 g/mol. The summed E-state index contributed by atoms with van der Waals surface area (Å²) in [6.45, 7) is 6.23.